The molecule has 0 radical (unpaired) electrons. The van der Waals surface area contributed by atoms with Crippen LogP contribution in [0.1, 0.15) is 4.88 Å². The first kappa shape index (κ1) is 14.8. The van der Waals surface area contributed by atoms with Crippen molar-refractivity contribution in [3.63, 3.8) is 0 Å². The highest BCUT2D eigenvalue weighted by atomic mass is 32.1. The van der Waals surface area contributed by atoms with Gasteiger partial charge in [-0.1, -0.05) is 11.3 Å². The van der Waals surface area contributed by atoms with E-state index in [1.54, 1.807) is 0 Å². The molecule has 1 heterocycles. The molecule has 0 bridgehead atoms. The van der Waals surface area contributed by atoms with Gasteiger partial charge in [0.1, 0.15) is 11.6 Å². The number of thiophene rings is 1. The van der Waals surface area contributed by atoms with Gasteiger partial charge < -0.3 is 5.32 Å². The summed E-state index contributed by atoms with van der Waals surface area (Å²) in [5, 5.41) is 12.6. The van der Waals surface area contributed by atoms with E-state index in [0.717, 1.165) is 35.6 Å². The Morgan fingerprint density at radius 3 is 2.71 bits per heavy atom. The fourth-order valence-corrected chi connectivity index (χ4v) is 2.18. The minimum absolute atomic E-state index is 0.0498. The molecule has 1 aromatic carbocycles. The van der Waals surface area contributed by atoms with Crippen molar-refractivity contribution in [1.29, 1.82) is 0 Å². The maximum atomic E-state index is 13.3. The third-order valence-corrected chi connectivity index (χ3v) is 3.38. The maximum Gasteiger partial charge on any atom is 0.324 e. The summed E-state index contributed by atoms with van der Waals surface area (Å²) in [4.78, 5) is 22.0. The van der Waals surface area contributed by atoms with Gasteiger partial charge in [-0.15, -0.1) is 0 Å². The van der Waals surface area contributed by atoms with E-state index in [-0.39, 0.29) is 10.7 Å². The molecular formula is C13H8F2N2O3S. The highest BCUT2D eigenvalue weighted by Gasteiger charge is 2.09. The fraction of sp³-hybridized carbons (Fsp3) is 0. The first-order valence-electron chi connectivity index (χ1n) is 5.64. The van der Waals surface area contributed by atoms with Gasteiger partial charge in [-0.05, 0) is 24.3 Å². The van der Waals surface area contributed by atoms with Gasteiger partial charge in [0.05, 0.1) is 10.6 Å². The third-order valence-electron chi connectivity index (χ3n) is 2.38. The molecular weight excluding hydrogens is 302 g/mol. The smallest absolute Gasteiger partial charge is 0.320 e. The Kier molecular flexibility index (Phi) is 4.39. The topological polar surface area (TPSA) is 72.2 Å². The van der Waals surface area contributed by atoms with Crippen LogP contribution < -0.4 is 5.32 Å². The summed E-state index contributed by atoms with van der Waals surface area (Å²) in [6.07, 6.45) is 2.43. The molecule has 1 aromatic heterocycles. The number of hydrogen-bond acceptors (Lipinski definition) is 4. The van der Waals surface area contributed by atoms with Crippen LogP contribution in [0.3, 0.4) is 0 Å². The molecule has 2 aromatic rings. The highest BCUT2D eigenvalue weighted by Crippen LogP contribution is 2.24. The zero-order valence-electron chi connectivity index (χ0n) is 10.4. The Labute approximate surface area is 121 Å². The standard InChI is InChI=1S/C13H8F2N2O3S/c14-8-1-4-10(15)11(7-8)16-12(18)5-2-9-3-6-13(21-9)17(19)20/h1-7H,(H,16,18)/b5-2+. The van der Waals surface area contributed by atoms with Crippen LogP contribution in [0.15, 0.2) is 36.4 Å². The van der Waals surface area contributed by atoms with Crippen LogP contribution in [0.4, 0.5) is 19.5 Å². The average molecular weight is 310 g/mol. The second-order valence-corrected chi connectivity index (χ2v) is 4.97. The molecule has 1 amide bonds. The molecule has 0 unspecified atom stereocenters. The zero-order valence-corrected chi connectivity index (χ0v) is 11.2. The number of halogens is 2. The predicted molar refractivity (Wildman–Crippen MR) is 75.0 cm³/mol. The SMILES string of the molecule is O=C(/C=C/c1ccc([N+](=O)[O-])s1)Nc1cc(F)ccc1F. The second kappa shape index (κ2) is 6.23. The Morgan fingerprint density at radius 1 is 1.29 bits per heavy atom. The summed E-state index contributed by atoms with van der Waals surface area (Å²) < 4.78 is 26.2. The molecule has 5 nitrogen and oxygen atoms in total. The summed E-state index contributed by atoms with van der Waals surface area (Å²) >= 11 is 0.895. The molecule has 0 atom stereocenters. The van der Waals surface area contributed by atoms with E-state index in [2.05, 4.69) is 5.32 Å². The van der Waals surface area contributed by atoms with Crippen LogP contribution in [-0.4, -0.2) is 10.8 Å². The molecule has 0 aliphatic carbocycles. The number of rotatable bonds is 4. The molecule has 2 rings (SSSR count). The number of carbonyl (C=O) groups is 1. The van der Waals surface area contributed by atoms with Crippen LogP contribution in [-0.2, 0) is 4.79 Å². The van der Waals surface area contributed by atoms with Crippen molar-refractivity contribution < 1.29 is 18.5 Å². The lowest BCUT2D eigenvalue weighted by molar-refractivity contribution is -0.380. The van der Waals surface area contributed by atoms with Crippen LogP contribution in [0.5, 0.6) is 0 Å². The van der Waals surface area contributed by atoms with Gasteiger partial charge in [0.15, 0.2) is 0 Å². The first-order valence-corrected chi connectivity index (χ1v) is 6.45. The maximum absolute atomic E-state index is 13.3. The van der Waals surface area contributed by atoms with Crippen molar-refractivity contribution >= 4 is 34.0 Å². The van der Waals surface area contributed by atoms with Crippen molar-refractivity contribution in [2.45, 2.75) is 0 Å². The molecule has 0 fully saturated rings. The summed E-state index contributed by atoms with van der Waals surface area (Å²) in [6, 6.07) is 5.49. The van der Waals surface area contributed by atoms with Gasteiger partial charge in [0, 0.05) is 23.1 Å². The second-order valence-electron chi connectivity index (χ2n) is 3.88. The van der Waals surface area contributed by atoms with Gasteiger partial charge in [-0.3, -0.25) is 14.9 Å². The van der Waals surface area contributed by atoms with Crippen molar-refractivity contribution in [2.75, 3.05) is 5.32 Å². The van der Waals surface area contributed by atoms with Crippen molar-refractivity contribution in [3.8, 4) is 0 Å². The minimum atomic E-state index is -0.759. The molecule has 1 N–H and O–H groups in total. The van der Waals surface area contributed by atoms with Crippen LogP contribution >= 0.6 is 11.3 Å². The van der Waals surface area contributed by atoms with Gasteiger partial charge in [0.25, 0.3) is 0 Å². The van der Waals surface area contributed by atoms with Crippen molar-refractivity contribution in [1.82, 2.24) is 0 Å². The van der Waals surface area contributed by atoms with E-state index in [0.29, 0.717) is 4.88 Å². The number of hydrogen-bond donors (Lipinski definition) is 1. The molecule has 0 aliphatic rings. The minimum Gasteiger partial charge on any atom is -0.320 e. The number of nitrogens with zero attached hydrogens (tertiary/aromatic N) is 1. The quantitative estimate of drug-likeness (QED) is 0.533. The Bertz CT molecular complexity index is 728. The van der Waals surface area contributed by atoms with E-state index in [4.69, 9.17) is 0 Å². The fourth-order valence-electron chi connectivity index (χ4n) is 1.46. The lowest BCUT2D eigenvalue weighted by atomic mass is 10.3. The number of nitro groups is 1. The van der Waals surface area contributed by atoms with Gasteiger partial charge in [0.2, 0.25) is 5.91 Å². The van der Waals surface area contributed by atoms with Crippen molar-refractivity contribution in [2.24, 2.45) is 0 Å². The molecule has 8 heteroatoms. The monoisotopic (exact) mass is 310 g/mol. The molecule has 0 spiro atoms. The third kappa shape index (κ3) is 3.93. The molecule has 0 saturated heterocycles. The predicted octanol–water partition coefficient (Wildman–Crippen LogP) is 3.59. The van der Waals surface area contributed by atoms with E-state index in [9.17, 15) is 23.7 Å². The van der Waals surface area contributed by atoms with Crippen LogP contribution in [0.2, 0.25) is 0 Å². The van der Waals surface area contributed by atoms with Gasteiger partial charge in [-0.25, -0.2) is 8.78 Å². The lowest BCUT2D eigenvalue weighted by Gasteiger charge is -2.03. The van der Waals surface area contributed by atoms with E-state index >= 15 is 0 Å². The van der Waals surface area contributed by atoms with E-state index < -0.39 is 22.5 Å². The highest BCUT2D eigenvalue weighted by molar-refractivity contribution is 7.16. The van der Waals surface area contributed by atoms with Gasteiger partial charge in [-0.2, -0.15) is 0 Å². The van der Waals surface area contributed by atoms with E-state index in [1.165, 1.54) is 18.2 Å². The summed E-state index contributed by atoms with van der Waals surface area (Å²) in [6.45, 7) is 0. The van der Waals surface area contributed by atoms with Gasteiger partial charge >= 0.3 is 5.00 Å². The number of nitrogens with one attached hydrogen (secondary N) is 1. The largest absolute Gasteiger partial charge is 0.324 e. The Balaban J connectivity index is 2.05. The number of carbonyl (C=O) groups excluding carboxylic acids is 1. The summed E-state index contributed by atoms with van der Waals surface area (Å²) in [5.74, 6) is -2.11. The summed E-state index contributed by atoms with van der Waals surface area (Å²) in [5.41, 5.74) is -0.276. The van der Waals surface area contributed by atoms with E-state index in [1.807, 2.05) is 0 Å². The lowest BCUT2D eigenvalue weighted by Crippen LogP contribution is -2.09. The first-order chi connectivity index (χ1) is 9.95. The number of amides is 1. The van der Waals surface area contributed by atoms with Crippen LogP contribution in [0.25, 0.3) is 6.08 Å². The molecule has 0 saturated carbocycles. The summed E-state index contributed by atoms with van der Waals surface area (Å²) in [7, 11) is 0. The molecule has 108 valence electrons. The van der Waals surface area contributed by atoms with Crippen molar-refractivity contribution in [3.05, 3.63) is 63.0 Å². The zero-order chi connectivity index (χ0) is 15.4. The Hall–Kier alpha value is -2.61. The molecule has 0 aliphatic heterocycles. The average Bonchev–Trinajstić information content (AvgIpc) is 2.90. The number of anilines is 1. The Morgan fingerprint density at radius 2 is 2.05 bits per heavy atom. The normalized spacial score (nSPS) is 10.8. The molecule has 21 heavy (non-hydrogen) atoms. The van der Waals surface area contributed by atoms with Crippen LogP contribution in [0, 0.1) is 21.7 Å². The number of benzene rings is 1.